The molecular weight excluding hydrogens is 868 g/mol. The van der Waals surface area contributed by atoms with Crippen molar-refractivity contribution in [2.75, 3.05) is 19.3 Å². The van der Waals surface area contributed by atoms with Crippen LogP contribution in [0.5, 0.6) is 23.0 Å². The molecule has 6 heterocycles. The minimum Gasteiger partial charge on any atom is -0.454 e. The first-order chi connectivity index (χ1) is 28.4. The van der Waals surface area contributed by atoms with Gasteiger partial charge in [-0.3, -0.25) is 5.41 Å². The molecule has 0 aliphatic carbocycles. The van der Waals surface area contributed by atoms with E-state index in [4.69, 9.17) is 40.1 Å². The van der Waals surface area contributed by atoms with Gasteiger partial charge in [-0.25, -0.2) is 24.9 Å². The van der Waals surface area contributed by atoms with Gasteiger partial charge >= 0.3 is 0 Å². The van der Waals surface area contributed by atoms with Crippen LogP contribution >= 0.6 is 31.9 Å². The van der Waals surface area contributed by atoms with Crippen LogP contribution in [0.15, 0.2) is 107 Å². The minimum atomic E-state index is 0.194. The zero-order valence-electron chi connectivity index (χ0n) is 31.0. The number of nitrogens with two attached hydrogens (primary N) is 1. The molecule has 0 atom stereocenters. The predicted molar refractivity (Wildman–Crippen MR) is 224 cm³/mol. The summed E-state index contributed by atoms with van der Waals surface area (Å²) >= 11 is 7.24. The number of halogens is 2. The van der Waals surface area contributed by atoms with Gasteiger partial charge in [-0.15, -0.1) is 0 Å². The lowest BCUT2D eigenvalue weighted by Crippen LogP contribution is -2.13. The molecule has 0 saturated carbocycles. The third-order valence-corrected chi connectivity index (χ3v) is 11.4. The lowest BCUT2D eigenvalue weighted by molar-refractivity contribution is 0.173. The van der Waals surface area contributed by atoms with Crippen LogP contribution in [0.1, 0.15) is 33.9 Å². The average molecular weight is 905 g/mol. The molecule has 16 heteroatoms. The summed E-state index contributed by atoms with van der Waals surface area (Å²) in [5, 5.41) is 8.15. The molecule has 0 bridgehead atoms. The maximum atomic E-state index is 8.15. The molecule has 58 heavy (non-hydrogen) atoms. The summed E-state index contributed by atoms with van der Waals surface area (Å²) in [6.07, 6.45) is 6.08. The van der Waals surface area contributed by atoms with Crippen molar-refractivity contribution in [3.8, 4) is 23.0 Å². The summed E-state index contributed by atoms with van der Waals surface area (Å²) in [5.41, 5.74) is 13.6. The SMILES string of the molecule is N=c1ncn(CCc2ccccc2)c2nc(Cc3cc4c(cc3Br)OCO4)[nH]c12.Nc1ncnc2c1nc(Cc1cc3c(cc1Br)OCO3)n2CCc1ccccc1. The van der Waals surface area contributed by atoms with E-state index in [1.807, 2.05) is 65.2 Å². The molecule has 0 amide bonds. The summed E-state index contributed by atoms with van der Waals surface area (Å²) in [5.74, 6) is 5.00. The van der Waals surface area contributed by atoms with Crippen LogP contribution < -0.4 is 30.2 Å². The third-order valence-electron chi connectivity index (χ3n) is 9.95. The molecular formula is C42H36Br2N10O4. The fraction of sp³-hybridized carbons (Fsp3) is 0.190. The normalized spacial score (nSPS) is 12.6. The Morgan fingerprint density at radius 1 is 0.690 bits per heavy atom. The maximum absolute atomic E-state index is 8.15. The number of hydrogen-bond donors (Lipinski definition) is 3. The molecule has 8 aromatic rings. The maximum Gasteiger partial charge on any atom is 0.231 e. The smallest absolute Gasteiger partial charge is 0.231 e. The lowest BCUT2D eigenvalue weighted by Gasteiger charge is -2.10. The van der Waals surface area contributed by atoms with E-state index in [1.165, 1.54) is 17.5 Å². The van der Waals surface area contributed by atoms with E-state index in [1.54, 1.807) is 6.33 Å². The molecule has 2 aliphatic rings. The Balaban J connectivity index is 0.000000150. The number of nitrogens with zero attached hydrogens (tertiary/aromatic N) is 7. The van der Waals surface area contributed by atoms with Crippen molar-refractivity contribution in [3.63, 3.8) is 0 Å². The number of rotatable bonds is 10. The highest BCUT2D eigenvalue weighted by Crippen LogP contribution is 2.39. The van der Waals surface area contributed by atoms with Crippen molar-refractivity contribution >= 4 is 60.0 Å². The number of hydrogen-bond acceptors (Lipinski definition) is 11. The number of ether oxygens (including phenoxy) is 4. The quantitative estimate of drug-likeness (QED) is 0.126. The molecule has 0 radical (unpaired) electrons. The van der Waals surface area contributed by atoms with E-state index in [2.05, 4.69) is 80.6 Å². The molecule has 4 N–H and O–H groups in total. The highest BCUT2D eigenvalue weighted by Gasteiger charge is 2.21. The van der Waals surface area contributed by atoms with Gasteiger partial charge in [0.25, 0.3) is 0 Å². The minimum absolute atomic E-state index is 0.194. The fourth-order valence-electron chi connectivity index (χ4n) is 6.97. The van der Waals surface area contributed by atoms with Gasteiger partial charge in [0.15, 0.2) is 51.1 Å². The van der Waals surface area contributed by atoms with E-state index in [0.717, 1.165) is 91.9 Å². The number of imidazole rings is 2. The topological polar surface area (TPSA) is 177 Å². The van der Waals surface area contributed by atoms with Crippen LogP contribution in [0.2, 0.25) is 0 Å². The number of fused-ring (bicyclic) bond motifs is 4. The summed E-state index contributed by atoms with van der Waals surface area (Å²) in [4.78, 5) is 25.6. The van der Waals surface area contributed by atoms with Crippen molar-refractivity contribution in [2.45, 2.75) is 38.8 Å². The van der Waals surface area contributed by atoms with Gasteiger partial charge in [0.2, 0.25) is 13.6 Å². The summed E-state index contributed by atoms with van der Waals surface area (Å²) in [7, 11) is 0. The molecule has 2 aliphatic heterocycles. The zero-order valence-corrected chi connectivity index (χ0v) is 34.2. The van der Waals surface area contributed by atoms with E-state index in [0.29, 0.717) is 29.7 Å². The van der Waals surface area contributed by atoms with E-state index >= 15 is 0 Å². The Morgan fingerprint density at radius 2 is 1.28 bits per heavy atom. The molecule has 0 fully saturated rings. The summed E-state index contributed by atoms with van der Waals surface area (Å²) in [6.45, 7) is 1.97. The second-order valence-electron chi connectivity index (χ2n) is 13.7. The average Bonchev–Trinajstić information content (AvgIpc) is 4.05. The van der Waals surface area contributed by atoms with E-state index in [9.17, 15) is 0 Å². The highest BCUT2D eigenvalue weighted by molar-refractivity contribution is 9.10. The largest absolute Gasteiger partial charge is 0.454 e. The van der Waals surface area contributed by atoms with Crippen molar-refractivity contribution in [1.29, 1.82) is 5.41 Å². The van der Waals surface area contributed by atoms with Crippen LogP contribution in [-0.4, -0.2) is 52.6 Å². The number of aromatic amines is 1. The molecule has 0 unspecified atom stereocenters. The Labute approximate surface area is 348 Å². The van der Waals surface area contributed by atoms with Crippen LogP contribution in [0.25, 0.3) is 22.3 Å². The number of nitrogen functional groups attached to an aromatic ring is 1. The third kappa shape index (κ3) is 7.84. The summed E-state index contributed by atoms with van der Waals surface area (Å²) in [6, 6.07) is 28.5. The van der Waals surface area contributed by atoms with E-state index in [-0.39, 0.29) is 19.1 Å². The number of nitrogens with one attached hydrogen (secondary N) is 2. The first kappa shape index (κ1) is 37.3. The molecule has 14 nitrogen and oxygen atoms in total. The predicted octanol–water partition coefficient (Wildman–Crippen LogP) is 7.30. The lowest BCUT2D eigenvalue weighted by atomic mass is 10.1. The molecule has 0 spiro atoms. The number of aryl methyl sites for hydroxylation is 4. The molecule has 4 aromatic carbocycles. The van der Waals surface area contributed by atoms with Crippen molar-refractivity contribution in [1.82, 2.24) is 39.0 Å². The number of H-pyrrole nitrogens is 1. The zero-order chi connectivity index (χ0) is 39.6. The van der Waals surface area contributed by atoms with Crippen LogP contribution in [-0.2, 0) is 38.8 Å². The second kappa shape index (κ2) is 16.3. The Bertz CT molecular complexity index is 2830. The second-order valence-corrected chi connectivity index (χ2v) is 15.4. The van der Waals surface area contributed by atoms with Gasteiger partial charge in [-0.05, 0) is 59.4 Å². The van der Waals surface area contributed by atoms with E-state index < -0.39 is 0 Å². The van der Waals surface area contributed by atoms with Crippen LogP contribution in [0.3, 0.4) is 0 Å². The van der Waals surface area contributed by atoms with Crippen LogP contribution in [0, 0.1) is 5.41 Å². The van der Waals surface area contributed by atoms with Crippen LogP contribution in [0.4, 0.5) is 5.82 Å². The monoisotopic (exact) mass is 902 g/mol. The number of anilines is 1. The van der Waals surface area contributed by atoms with Gasteiger partial charge in [-0.1, -0.05) is 92.5 Å². The van der Waals surface area contributed by atoms with Gasteiger partial charge in [0.05, 0.1) is 6.33 Å². The first-order valence-electron chi connectivity index (χ1n) is 18.5. The Kier molecular flexibility index (Phi) is 10.5. The van der Waals surface area contributed by atoms with Crippen molar-refractivity contribution in [3.05, 3.63) is 146 Å². The van der Waals surface area contributed by atoms with Gasteiger partial charge in [-0.2, -0.15) is 0 Å². The number of benzene rings is 4. The van der Waals surface area contributed by atoms with Gasteiger partial charge in [0.1, 0.15) is 23.5 Å². The highest BCUT2D eigenvalue weighted by atomic mass is 79.9. The molecule has 10 rings (SSSR count). The number of aromatic nitrogens is 8. The van der Waals surface area contributed by atoms with Crippen molar-refractivity contribution < 1.29 is 18.9 Å². The molecule has 292 valence electrons. The van der Waals surface area contributed by atoms with Gasteiger partial charge in [0, 0.05) is 34.9 Å². The Morgan fingerprint density at radius 3 is 1.91 bits per heavy atom. The first-order valence-corrected chi connectivity index (χ1v) is 20.1. The summed E-state index contributed by atoms with van der Waals surface area (Å²) < 4.78 is 27.9. The molecule has 4 aromatic heterocycles. The molecule has 0 saturated heterocycles. The fourth-order valence-corrected chi connectivity index (χ4v) is 7.89. The van der Waals surface area contributed by atoms with Crippen molar-refractivity contribution in [2.24, 2.45) is 0 Å². The Hall–Kier alpha value is -6.26. The van der Waals surface area contributed by atoms with Gasteiger partial charge < -0.3 is 38.8 Å². The standard InChI is InChI=1S/2C21H18BrN5O2/c22-15-10-17-16(28-12-29-17)8-14(15)9-18-25-19-20(23)24-11-27(21(19)26-18)7-6-13-4-2-1-3-5-13;22-15-10-17-16(28-12-29-17)8-14(15)9-18-26-19-20(23)24-11-25-21(19)27(18)7-6-13-4-2-1-3-5-13/h1-5,8,10-11,23H,6-7,9,12H2,(H,25,26);1-5,8,10-11H,6-7,9,12H2,(H2,23,24,25).